The quantitative estimate of drug-likeness (QED) is 0.723. The number of alkyl halides is 2. The lowest BCUT2D eigenvalue weighted by molar-refractivity contribution is -0.140. The highest BCUT2D eigenvalue weighted by Crippen LogP contribution is 2.49. The molecule has 1 aliphatic carbocycles. The van der Waals surface area contributed by atoms with E-state index in [1.54, 1.807) is 12.1 Å². The highest BCUT2D eigenvalue weighted by Gasteiger charge is 2.53. The van der Waals surface area contributed by atoms with Crippen molar-refractivity contribution in [3.8, 4) is 11.5 Å². The van der Waals surface area contributed by atoms with E-state index < -0.39 is 23.3 Å². The summed E-state index contributed by atoms with van der Waals surface area (Å²) in [7, 11) is 1.50. The molecule has 174 valence electrons. The van der Waals surface area contributed by atoms with Gasteiger partial charge in [-0.25, -0.2) is 18.6 Å². The van der Waals surface area contributed by atoms with Crippen LogP contribution in [0.15, 0.2) is 36.7 Å². The molecule has 1 saturated carbocycles. The lowest BCUT2D eigenvalue weighted by Crippen LogP contribution is -2.43. The van der Waals surface area contributed by atoms with Crippen molar-refractivity contribution < 1.29 is 27.9 Å². The van der Waals surface area contributed by atoms with Gasteiger partial charge >= 0.3 is 6.03 Å². The average Bonchev–Trinajstić information content (AvgIpc) is 3.13. The van der Waals surface area contributed by atoms with Crippen molar-refractivity contribution in [2.24, 2.45) is 5.41 Å². The highest BCUT2D eigenvalue weighted by molar-refractivity contribution is 6.04. The number of nitrogens with one attached hydrogen (secondary N) is 2. The molecule has 0 atom stereocenters. The van der Waals surface area contributed by atoms with Crippen LogP contribution in [0.1, 0.15) is 42.6 Å². The first kappa shape index (κ1) is 22.6. The molecule has 2 fully saturated rings. The van der Waals surface area contributed by atoms with Crippen LogP contribution in [0.2, 0.25) is 0 Å². The normalized spacial score (nSPS) is 18.8. The minimum absolute atomic E-state index is 0.0868. The van der Waals surface area contributed by atoms with E-state index in [-0.39, 0.29) is 49.6 Å². The van der Waals surface area contributed by atoms with Gasteiger partial charge in [-0.3, -0.25) is 24.8 Å². The predicted molar refractivity (Wildman–Crippen MR) is 113 cm³/mol. The number of likely N-dealkylation sites (tertiary alicyclic amines) is 1. The molecule has 2 aromatic rings. The number of aromatic nitrogens is 2. The van der Waals surface area contributed by atoms with Gasteiger partial charge in [0.15, 0.2) is 0 Å². The van der Waals surface area contributed by atoms with Crippen LogP contribution in [0.25, 0.3) is 0 Å². The number of urea groups is 1. The summed E-state index contributed by atoms with van der Waals surface area (Å²) in [4.78, 5) is 46.3. The molecule has 4 rings (SSSR count). The van der Waals surface area contributed by atoms with E-state index in [9.17, 15) is 23.2 Å². The monoisotopic (exact) mass is 459 g/mol. The molecule has 2 N–H and O–H groups in total. The number of nitrogens with zero attached hydrogens (tertiary/aromatic N) is 3. The molecule has 1 saturated heterocycles. The Kier molecular flexibility index (Phi) is 5.96. The summed E-state index contributed by atoms with van der Waals surface area (Å²) in [5.74, 6) is -2.54. The number of hydrogen-bond acceptors (Lipinski definition) is 6. The zero-order valence-electron chi connectivity index (χ0n) is 17.9. The van der Waals surface area contributed by atoms with Crippen LogP contribution < -0.4 is 15.4 Å². The number of rotatable bonds is 4. The van der Waals surface area contributed by atoms with Crippen molar-refractivity contribution in [2.75, 3.05) is 18.9 Å². The fourth-order valence-corrected chi connectivity index (χ4v) is 4.13. The first-order valence-corrected chi connectivity index (χ1v) is 10.5. The summed E-state index contributed by atoms with van der Waals surface area (Å²) in [6.45, 7) is 0.188. The molecule has 0 bridgehead atoms. The van der Waals surface area contributed by atoms with Gasteiger partial charge in [-0.05, 0) is 37.5 Å². The lowest BCUT2D eigenvalue weighted by Gasteiger charge is -2.35. The second-order valence-corrected chi connectivity index (χ2v) is 8.21. The molecule has 2 aromatic heterocycles. The molecule has 1 spiro atoms. The standard InChI is InChI=1S/C22H23F2N5O4/c1-25-18(30)16-12-14(4-10-26-16)33-15-2-3-17(27-13-15)28-20(32)29-11-9-21(19(29)31)5-7-22(23,24)8-6-21/h2-4,10,12-13H,5-9,11H2,1H3,(H,25,30)(H,27,28,32). The smallest absolute Gasteiger partial charge is 0.329 e. The van der Waals surface area contributed by atoms with E-state index >= 15 is 0 Å². The van der Waals surface area contributed by atoms with Crippen LogP contribution in [0, 0.1) is 5.41 Å². The van der Waals surface area contributed by atoms with Crippen molar-refractivity contribution in [1.29, 1.82) is 0 Å². The van der Waals surface area contributed by atoms with E-state index in [1.807, 2.05) is 0 Å². The Balaban J connectivity index is 1.36. The van der Waals surface area contributed by atoms with Crippen molar-refractivity contribution in [2.45, 2.75) is 38.0 Å². The molecule has 0 unspecified atom stereocenters. The number of amides is 4. The lowest BCUT2D eigenvalue weighted by atomic mass is 9.72. The van der Waals surface area contributed by atoms with E-state index in [4.69, 9.17) is 4.74 Å². The van der Waals surface area contributed by atoms with Crippen LogP contribution in [-0.4, -0.2) is 52.2 Å². The molecule has 3 heterocycles. The number of anilines is 1. The minimum Gasteiger partial charge on any atom is -0.456 e. The van der Waals surface area contributed by atoms with Gasteiger partial charge in [0, 0.05) is 38.7 Å². The third kappa shape index (κ3) is 4.76. The van der Waals surface area contributed by atoms with Gasteiger partial charge < -0.3 is 10.1 Å². The highest BCUT2D eigenvalue weighted by atomic mass is 19.3. The molecule has 1 aliphatic heterocycles. The van der Waals surface area contributed by atoms with Crippen molar-refractivity contribution in [3.05, 3.63) is 42.4 Å². The summed E-state index contributed by atoms with van der Waals surface area (Å²) >= 11 is 0. The van der Waals surface area contributed by atoms with E-state index in [0.717, 1.165) is 4.90 Å². The SMILES string of the molecule is CNC(=O)c1cc(Oc2ccc(NC(=O)N3CCC4(CCC(F)(F)CC4)C3=O)nc2)ccn1. The van der Waals surface area contributed by atoms with E-state index in [2.05, 4.69) is 20.6 Å². The largest absolute Gasteiger partial charge is 0.456 e. The number of carbonyl (C=O) groups is 3. The maximum Gasteiger partial charge on any atom is 0.329 e. The molecule has 0 radical (unpaired) electrons. The maximum atomic E-state index is 13.5. The Labute approximate surface area is 188 Å². The fraction of sp³-hybridized carbons (Fsp3) is 0.409. The van der Waals surface area contributed by atoms with Gasteiger partial charge in [-0.1, -0.05) is 0 Å². The average molecular weight is 459 g/mol. The third-order valence-corrected chi connectivity index (χ3v) is 6.09. The number of hydrogen-bond donors (Lipinski definition) is 2. The van der Waals surface area contributed by atoms with E-state index in [1.165, 1.54) is 31.6 Å². The molecule has 2 aliphatic rings. The predicted octanol–water partition coefficient (Wildman–Crippen LogP) is 3.59. The first-order valence-electron chi connectivity index (χ1n) is 10.5. The number of ether oxygens (including phenoxy) is 1. The Morgan fingerprint density at radius 3 is 2.48 bits per heavy atom. The summed E-state index contributed by atoms with van der Waals surface area (Å²) in [6, 6.07) is 5.49. The molecule has 4 amide bonds. The molecule has 0 aromatic carbocycles. The van der Waals surface area contributed by atoms with Gasteiger partial charge in [-0.15, -0.1) is 0 Å². The molecular weight excluding hydrogens is 436 g/mol. The van der Waals surface area contributed by atoms with Crippen LogP contribution >= 0.6 is 0 Å². The van der Waals surface area contributed by atoms with Crippen molar-refractivity contribution in [1.82, 2.24) is 20.2 Å². The first-order chi connectivity index (χ1) is 15.7. The Bertz CT molecular complexity index is 1070. The van der Waals surface area contributed by atoms with Gasteiger partial charge in [0.25, 0.3) is 5.91 Å². The van der Waals surface area contributed by atoms with Crippen LogP contribution in [-0.2, 0) is 4.79 Å². The molecule has 9 nitrogen and oxygen atoms in total. The van der Waals surface area contributed by atoms with Crippen LogP contribution in [0.4, 0.5) is 19.4 Å². The van der Waals surface area contributed by atoms with Crippen LogP contribution in [0.5, 0.6) is 11.5 Å². The van der Waals surface area contributed by atoms with Gasteiger partial charge in [0.2, 0.25) is 11.8 Å². The topological polar surface area (TPSA) is 114 Å². The maximum absolute atomic E-state index is 13.5. The van der Waals surface area contributed by atoms with E-state index in [0.29, 0.717) is 17.9 Å². The Morgan fingerprint density at radius 2 is 1.82 bits per heavy atom. The third-order valence-electron chi connectivity index (χ3n) is 6.09. The molecular formula is C22H23F2N5O4. The number of pyridine rings is 2. The van der Waals surface area contributed by atoms with Crippen LogP contribution in [0.3, 0.4) is 0 Å². The minimum atomic E-state index is -2.74. The number of carbonyl (C=O) groups excluding carboxylic acids is 3. The summed E-state index contributed by atoms with van der Waals surface area (Å²) in [6.07, 6.45) is 2.71. The number of halogens is 2. The molecule has 33 heavy (non-hydrogen) atoms. The van der Waals surface area contributed by atoms with Crippen molar-refractivity contribution in [3.63, 3.8) is 0 Å². The summed E-state index contributed by atoms with van der Waals surface area (Å²) in [5.41, 5.74) is -0.677. The molecule has 11 heteroatoms. The fourth-order valence-electron chi connectivity index (χ4n) is 4.13. The van der Waals surface area contributed by atoms with Gasteiger partial charge in [0.05, 0.1) is 11.6 Å². The Hall–Kier alpha value is -3.63. The van der Waals surface area contributed by atoms with Gasteiger partial charge in [0.1, 0.15) is 23.0 Å². The van der Waals surface area contributed by atoms with Gasteiger partial charge in [-0.2, -0.15) is 0 Å². The second-order valence-electron chi connectivity index (χ2n) is 8.21. The summed E-state index contributed by atoms with van der Waals surface area (Å²) < 4.78 is 32.7. The second kappa shape index (κ2) is 8.72. The number of imide groups is 1. The summed E-state index contributed by atoms with van der Waals surface area (Å²) in [5, 5.41) is 5.04. The zero-order valence-corrected chi connectivity index (χ0v) is 17.9. The van der Waals surface area contributed by atoms with Crippen molar-refractivity contribution >= 4 is 23.7 Å². The zero-order chi connectivity index (χ0) is 23.6. The Morgan fingerprint density at radius 1 is 1.06 bits per heavy atom.